The van der Waals surface area contributed by atoms with Crippen molar-refractivity contribution in [3.05, 3.63) is 211 Å². The molecule has 1 aliphatic heterocycles. The van der Waals surface area contributed by atoms with Crippen LogP contribution in [0.2, 0.25) is 0 Å². The molecule has 0 saturated carbocycles. The number of phenols is 3. The molecule has 2 aromatic heterocycles. The molecule has 0 spiro atoms. The molecular formula is C78H108N6O5. The first-order valence-corrected chi connectivity index (χ1v) is 31.1. The van der Waals surface area contributed by atoms with Crippen LogP contribution in [0.15, 0.2) is 145 Å². The standard InChI is InChI=1S/C12H15NO.C12H18O.C11H14N2O.C11H14N2.C11H17N.C11H16O.C10H14O/c1-12(2,3)9-4-5-10-8(6-9)7-11(14)13-10;1-8-6-10(12(3,4)5)7-9(2)11(8)13;1-11(2,3)7-4-5-8-9(6-7)13-10(14)12-8;1-11(2,3)8-4-5-9-10(6-8)13-7-12-9;1-11(2,3)9-5-7-10(12-4)8-6-9;1-8-7-9(11(2,3)4)5-6-10(8)12;1-10(2,3)8-4-6-9(11)7-5-8/h4-6H,7H2,1-3H3,(H,13,14);6-7,13H,1-5H3;4-6H,1-3H3,(H2,12,13,14);4-7H,1-3H3,(H,12,13);5-8,12H,1-4H3;5-7,12H,1-4H3;4-7,11H,1-3H3. The molecule has 0 saturated heterocycles. The highest BCUT2D eigenvalue weighted by molar-refractivity contribution is 5.99. The van der Waals surface area contributed by atoms with Gasteiger partial charge in [0.15, 0.2) is 0 Å². The van der Waals surface area contributed by atoms with Gasteiger partial charge in [0.05, 0.1) is 34.8 Å². The number of hydrogen-bond donors (Lipinski definition) is 8. The number of H-pyrrole nitrogens is 3. The highest BCUT2D eigenvalue weighted by atomic mass is 16.3. The molecule has 1 amide bonds. The van der Waals surface area contributed by atoms with E-state index in [1.165, 1.54) is 44.6 Å². The Labute approximate surface area is 533 Å². The van der Waals surface area contributed by atoms with Crippen molar-refractivity contribution >= 4 is 39.3 Å². The van der Waals surface area contributed by atoms with Gasteiger partial charge in [-0.15, -0.1) is 0 Å². The Bertz CT molecular complexity index is 3770. The van der Waals surface area contributed by atoms with Gasteiger partial charge in [0.1, 0.15) is 17.2 Å². The first-order chi connectivity index (χ1) is 40.8. The fraction of sp³-hybridized carbons (Fsp3) is 0.423. The number of hydrogen-bond acceptors (Lipinski definition) is 7. The summed E-state index contributed by atoms with van der Waals surface area (Å²) in [5.74, 6) is 1.24. The molecule has 480 valence electrons. The highest BCUT2D eigenvalue weighted by Gasteiger charge is 2.22. The number of aromatic nitrogens is 4. The van der Waals surface area contributed by atoms with Crippen molar-refractivity contribution in [2.24, 2.45) is 0 Å². The van der Waals surface area contributed by atoms with Gasteiger partial charge in [0, 0.05) is 18.4 Å². The Morgan fingerprint density at radius 3 is 1.28 bits per heavy atom. The summed E-state index contributed by atoms with van der Waals surface area (Å²) in [6.07, 6.45) is 2.26. The van der Waals surface area contributed by atoms with Crippen LogP contribution in [-0.2, 0) is 49.1 Å². The molecule has 0 unspecified atom stereocenters. The molecule has 0 aliphatic carbocycles. The minimum absolute atomic E-state index is 0.103. The number of aryl methyl sites for hydroxylation is 3. The van der Waals surface area contributed by atoms with Crippen molar-refractivity contribution in [3.63, 3.8) is 0 Å². The largest absolute Gasteiger partial charge is 0.508 e. The molecular weight excluding hydrogens is 1100 g/mol. The molecule has 0 bridgehead atoms. The number of amides is 1. The predicted octanol–water partition coefficient (Wildman–Crippen LogP) is 19.5. The summed E-state index contributed by atoms with van der Waals surface area (Å²) in [6, 6.07) is 44.4. The van der Waals surface area contributed by atoms with Gasteiger partial charge in [0.25, 0.3) is 0 Å². The van der Waals surface area contributed by atoms with Gasteiger partial charge >= 0.3 is 5.69 Å². The van der Waals surface area contributed by atoms with Crippen LogP contribution in [0.3, 0.4) is 0 Å². The van der Waals surface area contributed by atoms with Crippen LogP contribution in [0.1, 0.15) is 207 Å². The zero-order chi connectivity index (χ0) is 67.4. The zero-order valence-corrected chi connectivity index (χ0v) is 58.6. The number of carbonyl (C=O) groups excluding carboxylic acids is 1. The second-order valence-electron chi connectivity index (χ2n) is 30.7. The minimum Gasteiger partial charge on any atom is -0.508 e. The maximum absolute atomic E-state index is 11.1. The maximum atomic E-state index is 11.1. The number of rotatable bonds is 1. The summed E-state index contributed by atoms with van der Waals surface area (Å²) in [5.41, 5.74) is 20.1. The molecule has 89 heavy (non-hydrogen) atoms. The molecule has 8 N–H and O–H groups in total. The first kappa shape index (κ1) is 73.4. The minimum atomic E-state index is -0.147. The molecule has 11 nitrogen and oxygen atoms in total. The Hall–Kier alpha value is -8.05. The molecule has 1 aliphatic rings. The Morgan fingerprint density at radius 2 is 0.809 bits per heavy atom. The second-order valence-corrected chi connectivity index (χ2v) is 30.7. The third-order valence-electron chi connectivity index (χ3n) is 15.5. The molecule has 7 aromatic carbocycles. The SMILES string of the molecule is CC(C)(C)c1ccc(O)cc1.CC(C)(C)c1ccc2[nH]c(=O)[nH]c2c1.CC(C)(C)c1ccc2c(c1)CC(=O)N2.CC(C)(C)c1ccc2nc[nH]c2c1.CNc1ccc(C(C)(C)C)cc1.Cc1cc(C(C)(C)C)cc(C)c1O.Cc1cc(C(C)(C)C)ccc1O. The topological polar surface area (TPSA) is 179 Å². The number of aromatic amines is 3. The molecule has 0 radical (unpaired) electrons. The van der Waals surface area contributed by atoms with Crippen LogP contribution >= 0.6 is 0 Å². The molecule has 0 fully saturated rings. The van der Waals surface area contributed by atoms with E-state index in [1.807, 2.05) is 76.3 Å². The molecule has 11 heteroatoms. The number of phenolic OH excluding ortho intramolecular Hbond substituents is 3. The number of imidazole rings is 2. The Morgan fingerprint density at radius 1 is 0.416 bits per heavy atom. The van der Waals surface area contributed by atoms with Gasteiger partial charge < -0.3 is 40.9 Å². The average Bonchev–Trinajstić information content (AvgIpc) is 2.14. The molecule has 0 atom stereocenters. The van der Waals surface area contributed by atoms with Crippen molar-refractivity contribution in [3.8, 4) is 17.2 Å². The monoisotopic (exact) mass is 1210 g/mol. The van der Waals surface area contributed by atoms with Gasteiger partial charge in [-0.05, 0) is 181 Å². The van der Waals surface area contributed by atoms with Crippen LogP contribution in [-0.4, -0.2) is 48.2 Å². The Balaban J connectivity index is 0.000000222. The number of aromatic hydroxyl groups is 3. The molecule has 10 rings (SSSR count). The van der Waals surface area contributed by atoms with E-state index < -0.39 is 0 Å². The number of fused-ring (bicyclic) bond motifs is 3. The smallest absolute Gasteiger partial charge is 0.323 e. The average molecular weight is 1210 g/mol. The maximum Gasteiger partial charge on any atom is 0.323 e. The van der Waals surface area contributed by atoms with Gasteiger partial charge in [-0.25, -0.2) is 9.78 Å². The third-order valence-corrected chi connectivity index (χ3v) is 15.5. The summed E-state index contributed by atoms with van der Waals surface area (Å²) in [7, 11) is 1.94. The van der Waals surface area contributed by atoms with Crippen molar-refractivity contribution in [1.29, 1.82) is 0 Å². The summed E-state index contributed by atoms with van der Waals surface area (Å²) >= 11 is 0. The normalized spacial score (nSPS) is 12.3. The molecule has 3 heterocycles. The zero-order valence-electron chi connectivity index (χ0n) is 58.6. The van der Waals surface area contributed by atoms with Gasteiger partial charge in [-0.2, -0.15) is 0 Å². The fourth-order valence-electron chi connectivity index (χ4n) is 9.21. The van der Waals surface area contributed by atoms with Crippen LogP contribution in [0.4, 0.5) is 11.4 Å². The second kappa shape index (κ2) is 29.5. The van der Waals surface area contributed by atoms with E-state index in [4.69, 9.17) is 5.11 Å². The van der Waals surface area contributed by atoms with Crippen LogP contribution in [0, 0.1) is 20.8 Å². The predicted molar refractivity (Wildman–Crippen MR) is 379 cm³/mol. The van der Waals surface area contributed by atoms with E-state index in [0.29, 0.717) is 23.7 Å². The van der Waals surface area contributed by atoms with E-state index in [-0.39, 0.29) is 49.5 Å². The number of carbonyl (C=O) groups is 1. The third kappa shape index (κ3) is 22.8. The lowest BCUT2D eigenvalue weighted by Gasteiger charge is -2.20. The van der Waals surface area contributed by atoms with Crippen molar-refractivity contribution in [1.82, 2.24) is 19.9 Å². The van der Waals surface area contributed by atoms with Gasteiger partial charge in [-0.3, -0.25) is 4.79 Å². The number of nitrogens with one attached hydrogen (secondary N) is 5. The van der Waals surface area contributed by atoms with Crippen molar-refractivity contribution in [2.45, 2.75) is 210 Å². The van der Waals surface area contributed by atoms with Crippen LogP contribution < -0.4 is 16.3 Å². The van der Waals surface area contributed by atoms with Gasteiger partial charge in [-0.1, -0.05) is 218 Å². The van der Waals surface area contributed by atoms with Crippen molar-refractivity contribution in [2.75, 3.05) is 17.7 Å². The summed E-state index contributed by atoms with van der Waals surface area (Å²) < 4.78 is 0. The van der Waals surface area contributed by atoms with Crippen LogP contribution in [0.5, 0.6) is 17.2 Å². The van der Waals surface area contributed by atoms with E-state index >= 15 is 0 Å². The highest BCUT2D eigenvalue weighted by Crippen LogP contribution is 2.33. The lowest BCUT2D eigenvalue weighted by Crippen LogP contribution is -2.11. The Kier molecular flexibility index (Phi) is 24.3. The summed E-state index contributed by atoms with van der Waals surface area (Å²) in [4.78, 5) is 35.0. The van der Waals surface area contributed by atoms with Crippen LogP contribution in [0.25, 0.3) is 22.1 Å². The van der Waals surface area contributed by atoms with E-state index in [9.17, 15) is 19.8 Å². The van der Waals surface area contributed by atoms with E-state index in [1.54, 1.807) is 24.5 Å². The summed E-state index contributed by atoms with van der Waals surface area (Å²) in [6.45, 7) is 51.6. The lowest BCUT2D eigenvalue weighted by molar-refractivity contribution is -0.115. The van der Waals surface area contributed by atoms with E-state index in [2.05, 4.69) is 243 Å². The summed E-state index contributed by atoms with van der Waals surface area (Å²) in [5, 5.41) is 33.9. The first-order valence-electron chi connectivity index (χ1n) is 31.1. The number of benzene rings is 7. The van der Waals surface area contributed by atoms with E-state index in [0.717, 1.165) is 50.0 Å². The number of nitrogens with zero attached hydrogens (tertiary/aromatic N) is 1. The van der Waals surface area contributed by atoms with Crippen molar-refractivity contribution < 1.29 is 20.1 Å². The quantitative estimate of drug-likeness (QED) is 0.0806. The van der Waals surface area contributed by atoms with Gasteiger partial charge in [0.2, 0.25) is 5.91 Å². The lowest BCUT2D eigenvalue weighted by atomic mass is 9.85. The fourth-order valence-corrected chi connectivity index (χ4v) is 9.21. The number of anilines is 2. The molecule has 9 aromatic rings.